The summed E-state index contributed by atoms with van der Waals surface area (Å²) in [6, 6.07) is 10.7. The topological polar surface area (TPSA) is 108 Å². The van der Waals surface area contributed by atoms with Crippen LogP contribution in [0.15, 0.2) is 42.5 Å². The standard InChI is InChI=1S/C25H27NO8/c1-5-6-14-31-22(28)16-10-12-18(13-11-16)32-23(29)21(27)26(4)24(30)33-19-9-7-8-17-15-25(2,3)34-20(17)19/h7-13H,5-6,14-15H2,1-4H3. The number of carbonyl (C=O) groups excluding carboxylic acids is 4. The molecule has 0 fully saturated rings. The van der Waals surface area contributed by atoms with Crippen LogP contribution in [0.3, 0.4) is 0 Å². The van der Waals surface area contributed by atoms with E-state index in [1.165, 1.54) is 24.3 Å². The number of hydrogen-bond donors (Lipinski definition) is 0. The lowest BCUT2D eigenvalue weighted by molar-refractivity contribution is -0.152. The first kappa shape index (κ1) is 24.8. The van der Waals surface area contributed by atoms with Crippen LogP contribution in [0, 0.1) is 0 Å². The quantitative estimate of drug-likeness (QED) is 0.271. The van der Waals surface area contributed by atoms with Crippen LogP contribution in [0.25, 0.3) is 0 Å². The Morgan fingerprint density at radius 2 is 1.74 bits per heavy atom. The predicted octanol–water partition coefficient (Wildman–Crippen LogP) is 3.92. The monoisotopic (exact) mass is 469 g/mol. The first-order valence-electron chi connectivity index (χ1n) is 10.9. The summed E-state index contributed by atoms with van der Waals surface area (Å²) in [5.41, 5.74) is 0.711. The highest BCUT2D eigenvalue weighted by Gasteiger charge is 2.34. The summed E-state index contributed by atoms with van der Waals surface area (Å²) >= 11 is 0. The Labute approximate surface area is 197 Å². The SMILES string of the molecule is CCCCOC(=O)c1ccc(OC(=O)C(=O)N(C)C(=O)Oc2cccc3c2OC(C)(C)C3)cc1. The third-order valence-electron chi connectivity index (χ3n) is 5.04. The first-order valence-corrected chi connectivity index (χ1v) is 10.9. The molecule has 2 amide bonds. The van der Waals surface area contributed by atoms with Gasteiger partial charge in [-0.05, 0) is 50.6 Å². The van der Waals surface area contributed by atoms with Gasteiger partial charge in [0.1, 0.15) is 11.4 Å². The molecule has 1 heterocycles. The molecule has 2 aromatic carbocycles. The number of carbonyl (C=O) groups is 4. The van der Waals surface area contributed by atoms with Crippen molar-refractivity contribution < 1.29 is 38.1 Å². The van der Waals surface area contributed by atoms with Gasteiger partial charge in [0.15, 0.2) is 11.5 Å². The molecule has 0 spiro atoms. The van der Waals surface area contributed by atoms with E-state index in [4.69, 9.17) is 18.9 Å². The Morgan fingerprint density at radius 3 is 2.41 bits per heavy atom. The van der Waals surface area contributed by atoms with E-state index in [-0.39, 0.29) is 17.1 Å². The lowest BCUT2D eigenvalue weighted by Crippen LogP contribution is -2.41. The molecule has 2 aromatic rings. The van der Waals surface area contributed by atoms with Crippen molar-refractivity contribution in [3.05, 3.63) is 53.6 Å². The van der Waals surface area contributed by atoms with Crippen molar-refractivity contribution in [3.8, 4) is 17.2 Å². The number of ether oxygens (including phenoxy) is 4. The zero-order valence-electron chi connectivity index (χ0n) is 19.6. The molecule has 0 radical (unpaired) electrons. The van der Waals surface area contributed by atoms with E-state index in [0.717, 1.165) is 25.5 Å². The van der Waals surface area contributed by atoms with E-state index < -0.39 is 29.5 Å². The minimum absolute atomic E-state index is 0.0294. The van der Waals surface area contributed by atoms with Crippen LogP contribution in [0.5, 0.6) is 17.2 Å². The number of fused-ring (bicyclic) bond motifs is 1. The first-order chi connectivity index (χ1) is 16.1. The van der Waals surface area contributed by atoms with E-state index in [2.05, 4.69) is 0 Å². The highest BCUT2D eigenvalue weighted by atomic mass is 16.6. The summed E-state index contributed by atoms with van der Waals surface area (Å²) in [5.74, 6) is -2.39. The molecule has 34 heavy (non-hydrogen) atoms. The van der Waals surface area contributed by atoms with Gasteiger partial charge in [-0.25, -0.2) is 19.3 Å². The van der Waals surface area contributed by atoms with Gasteiger partial charge in [0.25, 0.3) is 0 Å². The van der Waals surface area contributed by atoms with E-state index in [0.29, 0.717) is 23.7 Å². The number of rotatable bonds is 6. The van der Waals surface area contributed by atoms with E-state index in [1.807, 2.05) is 26.8 Å². The zero-order chi connectivity index (χ0) is 24.9. The van der Waals surface area contributed by atoms with E-state index in [1.54, 1.807) is 12.1 Å². The van der Waals surface area contributed by atoms with Crippen LogP contribution in [-0.2, 0) is 20.7 Å². The normalized spacial score (nSPS) is 13.3. The number of nitrogens with zero attached hydrogens (tertiary/aromatic N) is 1. The van der Waals surface area contributed by atoms with Crippen LogP contribution < -0.4 is 14.2 Å². The van der Waals surface area contributed by atoms with Gasteiger partial charge in [0.05, 0.1) is 12.2 Å². The molecule has 0 aromatic heterocycles. The molecule has 1 aliphatic heterocycles. The Balaban J connectivity index is 1.58. The molecule has 0 atom stereocenters. The third-order valence-corrected chi connectivity index (χ3v) is 5.04. The van der Waals surface area contributed by atoms with Crippen molar-refractivity contribution in [3.63, 3.8) is 0 Å². The van der Waals surface area contributed by atoms with Gasteiger partial charge in [-0.1, -0.05) is 25.5 Å². The van der Waals surface area contributed by atoms with Crippen molar-refractivity contribution in [2.75, 3.05) is 13.7 Å². The van der Waals surface area contributed by atoms with Gasteiger partial charge < -0.3 is 18.9 Å². The summed E-state index contributed by atoms with van der Waals surface area (Å²) in [6.45, 7) is 6.12. The summed E-state index contributed by atoms with van der Waals surface area (Å²) in [7, 11) is 1.11. The Kier molecular flexibility index (Phi) is 7.55. The fourth-order valence-electron chi connectivity index (χ4n) is 3.25. The lowest BCUT2D eigenvalue weighted by Gasteiger charge is -2.19. The summed E-state index contributed by atoms with van der Waals surface area (Å²) < 4.78 is 21.3. The second kappa shape index (κ2) is 10.4. The van der Waals surface area contributed by atoms with Gasteiger partial charge in [-0.2, -0.15) is 0 Å². The highest BCUT2D eigenvalue weighted by Crippen LogP contribution is 2.41. The number of imide groups is 1. The van der Waals surface area contributed by atoms with Gasteiger partial charge in [-0.3, -0.25) is 4.79 Å². The number of hydrogen-bond acceptors (Lipinski definition) is 8. The maximum atomic E-state index is 12.5. The highest BCUT2D eigenvalue weighted by molar-refractivity contribution is 6.35. The van der Waals surface area contributed by atoms with Crippen LogP contribution in [0.4, 0.5) is 4.79 Å². The van der Waals surface area contributed by atoms with Crippen LogP contribution in [-0.4, -0.2) is 48.1 Å². The van der Waals surface area contributed by atoms with E-state index >= 15 is 0 Å². The molecule has 0 unspecified atom stereocenters. The smallest absolute Gasteiger partial charge is 0.422 e. The lowest BCUT2D eigenvalue weighted by atomic mass is 10.0. The minimum atomic E-state index is -1.28. The maximum Gasteiger partial charge on any atom is 0.422 e. The molecular weight excluding hydrogens is 442 g/mol. The number of likely N-dealkylation sites (N-methyl/N-ethyl adjacent to an activating group) is 1. The largest absolute Gasteiger partial charge is 0.483 e. The Hall–Kier alpha value is -3.88. The molecule has 0 N–H and O–H groups in total. The van der Waals surface area contributed by atoms with Crippen molar-refractivity contribution >= 4 is 23.9 Å². The zero-order valence-corrected chi connectivity index (χ0v) is 19.6. The summed E-state index contributed by atoms with van der Waals surface area (Å²) in [4.78, 5) is 49.5. The van der Waals surface area contributed by atoms with Crippen molar-refractivity contribution in [2.24, 2.45) is 0 Å². The van der Waals surface area contributed by atoms with Crippen molar-refractivity contribution in [1.29, 1.82) is 0 Å². The molecule has 9 heteroatoms. The number of para-hydroxylation sites is 1. The van der Waals surface area contributed by atoms with Gasteiger partial charge in [0, 0.05) is 19.0 Å². The maximum absolute atomic E-state index is 12.5. The third kappa shape index (κ3) is 5.92. The fourth-order valence-corrected chi connectivity index (χ4v) is 3.25. The molecule has 180 valence electrons. The molecule has 9 nitrogen and oxygen atoms in total. The number of esters is 2. The van der Waals surface area contributed by atoms with Gasteiger partial charge in [-0.15, -0.1) is 0 Å². The van der Waals surface area contributed by atoms with Crippen molar-refractivity contribution in [2.45, 2.75) is 45.6 Å². The molecule has 0 saturated heterocycles. The van der Waals surface area contributed by atoms with E-state index in [9.17, 15) is 19.2 Å². The van der Waals surface area contributed by atoms with Crippen LogP contribution in [0.1, 0.15) is 49.5 Å². The Morgan fingerprint density at radius 1 is 1.03 bits per heavy atom. The van der Waals surface area contributed by atoms with Gasteiger partial charge >= 0.3 is 23.9 Å². The second-order valence-corrected chi connectivity index (χ2v) is 8.42. The second-order valence-electron chi connectivity index (χ2n) is 8.42. The molecule has 1 aliphatic rings. The average Bonchev–Trinajstić information content (AvgIpc) is 3.13. The molecule has 0 saturated carbocycles. The van der Waals surface area contributed by atoms with Crippen molar-refractivity contribution in [1.82, 2.24) is 4.90 Å². The predicted molar refractivity (Wildman–Crippen MR) is 121 cm³/mol. The summed E-state index contributed by atoms with van der Waals surface area (Å²) in [6.07, 6.45) is 1.24. The number of unbranched alkanes of at least 4 members (excludes halogenated alkanes) is 1. The van der Waals surface area contributed by atoms with Crippen LogP contribution >= 0.6 is 0 Å². The average molecular weight is 469 g/mol. The van der Waals surface area contributed by atoms with Crippen LogP contribution in [0.2, 0.25) is 0 Å². The summed E-state index contributed by atoms with van der Waals surface area (Å²) in [5, 5.41) is 0. The van der Waals surface area contributed by atoms with Gasteiger partial charge in [0.2, 0.25) is 0 Å². The molecular formula is C25H27NO8. The fraction of sp³-hybridized carbons (Fsp3) is 0.360. The molecule has 0 bridgehead atoms. The number of amides is 2. The number of benzene rings is 2. The minimum Gasteiger partial charge on any atom is -0.483 e. The Bertz CT molecular complexity index is 1090. The molecule has 0 aliphatic carbocycles. The molecule has 3 rings (SSSR count).